The molecule has 1 amide bonds. The molecule has 3 heteroatoms. The van der Waals surface area contributed by atoms with Gasteiger partial charge in [0.05, 0.1) is 11.9 Å². The van der Waals surface area contributed by atoms with E-state index in [2.05, 4.69) is 10.3 Å². The molecule has 1 aromatic rings. The molecule has 2 rings (SSSR count). The Morgan fingerprint density at radius 2 is 2.33 bits per heavy atom. The van der Waals surface area contributed by atoms with Crippen molar-refractivity contribution in [3.63, 3.8) is 0 Å². The Labute approximate surface area is 70.8 Å². The normalized spacial score (nSPS) is 15.2. The summed E-state index contributed by atoms with van der Waals surface area (Å²) in [5.41, 5.74) is 3.07. The Hall–Kier alpha value is -1.38. The SMILES string of the molecule is Cc1cc2c(cn1)NC(=O)CC2. The third-order valence-corrected chi connectivity index (χ3v) is 2.02. The van der Waals surface area contributed by atoms with E-state index in [1.165, 1.54) is 5.56 Å². The maximum absolute atomic E-state index is 11.0. The van der Waals surface area contributed by atoms with E-state index in [0.29, 0.717) is 6.42 Å². The van der Waals surface area contributed by atoms with Gasteiger partial charge in [0.15, 0.2) is 0 Å². The van der Waals surface area contributed by atoms with Gasteiger partial charge < -0.3 is 5.32 Å². The molecule has 1 N–H and O–H groups in total. The lowest BCUT2D eigenvalue weighted by atomic mass is 10.0. The Morgan fingerprint density at radius 1 is 1.50 bits per heavy atom. The Kier molecular flexibility index (Phi) is 1.57. The van der Waals surface area contributed by atoms with E-state index in [9.17, 15) is 4.79 Å². The fraction of sp³-hybridized carbons (Fsp3) is 0.333. The van der Waals surface area contributed by atoms with Crippen molar-refractivity contribution in [1.29, 1.82) is 0 Å². The molecule has 0 aromatic carbocycles. The summed E-state index contributed by atoms with van der Waals surface area (Å²) in [5, 5.41) is 2.79. The van der Waals surface area contributed by atoms with Crippen LogP contribution in [0.1, 0.15) is 17.7 Å². The van der Waals surface area contributed by atoms with Crippen LogP contribution < -0.4 is 5.32 Å². The van der Waals surface area contributed by atoms with Crippen molar-refractivity contribution in [3.8, 4) is 0 Å². The third kappa shape index (κ3) is 1.18. The van der Waals surface area contributed by atoms with Gasteiger partial charge in [-0.15, -0.1) is 0 Å². The van der Waals surface area contributed by atoms with Crippen molar-refractivity contribution < 1.29 is 4.79 Å². The van der Waals surface area contributed by atoms with Gasteiger partial charge in [-0.25, -0.2) is 0 Å². The molecule has 62 valence electrons. The van der Waals surface area contributed by atoms with E-state index in [4.69, 9.17) is 0 Å². The maximum Gasteiger partial charge on any atom is 0.224 e. The number of aryl methyl sites for hydroxylation is 2. The van der Waals surface area contributed by atoms with Crippen LogP contribution in [0, 0.1) is 6.92 Å². The van der Waals surface area contributed by atoms with Gasteiger partial charge in [-0.05, 0) is 25.0 Å². The molecule has 3 nitrogen and oxygen atoms in total. The van der Waals surface area contributed by atoms with Crippen molar-refractivity contribution >= 4 is 11.6 Å². The smallest absolute Gasteiger partial charge is 0.224 e. The van der Waals surface area contributed by atoms with Gasteiger partial charge in [0.1, 0.15) is 0 Å². The molecule has 1 aromatic heterocycles. The maximum atomic E-state index is 11.0. The van der Waals surface area contributed by atoms with Gasteiger partial charge >= 0.3 is 0 Å². The number of aromatic nitrogens is 1. The highest BCUT2D eigenvalue weighted by atomic mass is 16.1. The number of pyridine rings is 1. The zero-order valence-corrected chi connectivity index (χ0v) is 6.92. The van der Waals surface area contributed by atoms with Gasteiger partial charge in [0, 0.05) is 12.1 Å². The first-order valence-corrected chi connectivity index (χ1v) is 4.01. The zero-order valence-electron chi connectivity index (χ0n) is 6.92. The highest BCUT2D eigenvalue weighted by Crippen LogP contribution is 2.21. The molecule has 0 bridgehead atoms. The van der Waals surface area contributed by atoms with Gasteiger partial charge in [0.25, 0.3) is 0 Å². The van der Waals surface area contributed by atoms with Crippen LogP contribution in [0.3, 0.4) is 0 Å². The minimum absolute atomic E-state index is 0.0909. The molecule has 0 aliphatic carbocycles. The number of hydrogen-bond acceptors (Lipinski definition) is 2. The van der Waals surface area contributed by atoms with Crippen molar-refractivity contribution in [1.82, 2.24) is 4.98 Å². The number of carbonyl (C=O) groups is 1. The second kappa shape index (κ2) is 2.59. The largest absolute Gasteiger partial charge is 0.324 e. The quantitative estimate of drug-likeness (QED) is 0.624. The third-order valence-electron chi connectivity index (χ3n) is 2.02. The van der Waals surface area contributed by atoms with Crippen molar-refractivity contribution in [3.05, 3.63) is 23.5 Å². The molecule has 0 spiro atoms. The van der Waals surface area contributed by atoms with Gasteiger partial charge in [-0.1, -0.05) is 0 Å². The molecule has 1 aliphatic rings. The van der Waals surface area contributed by atoms with E-state index >= 15 is 0 Å². The predicted molar refractivity (Wildman–Crippen MR) is 45.9 cm³/mol. The summed E-state index contributed by atoms with van der Waals surface area (Å²) in [6.45, 7) is 1.96. The minimum Gasteiger partial charge on any atom is -0.324 e. The Bertz CT molecular complexity index is 333. The number of hydrogen-bond donors (Lipinski definition) is 1. The average molecular weight is 162 g/mol. The summed E-state index contributed by atoms with van der Waals surface area (Å²) >= 11 is 0. The van der Waals surface area contributed by atoms with Crippen LogP contribution in [0.2, 0.25) is 0 Å². The predicted octanol–water partition coefficient (Wildman–Crippen LogP) is 1.27. The topological polar surface area (TPSA) is 42.0 Å². The minimum atomic E-state index is 0.0909. The van der Waals surface area contributed by atoms with Crippen LogP contribution in [0.4, 0.5) is 5.69 Å². The summed E-state index contributed by atoms with van der Waals surface area (Å²) < 4.78 is 0. The lowest BCUT2D eigenvalue weighted by molar-refractivity contribution is -0.116. The van der Waals surface area contributed by atoms with Gasteiger partial charge in [-0.3, -0.25) is 9.78 Å². The summed E-state index contributed by atoms with van der Waals surface area (Å²) in [6.07, 6.45) is 3.16. The van der Waals surface area contributed by atoms with Crippen LogP contribution in [0.5, 0.6) is 0 Å². The fourth-order valence-corrected chi connectivity index (χ4v) is 1.40. The lowest BCUT2D eigenvalue weighted by Crippen LogP contribution is -2.19. The molecule has 0 saturated carbocycles. The fourth-order valence-electron chi connectivity index (χ4n) is 1.40. The first kappa shape index (κ1) is 7.28. The number of amides is 1. The van der Waals surface area contributed by atoms with Crippen LogP contribution >= 0.6 is 0 Å². The van der Waals surface area contributed by atoms with Crippen molar-refractivity contribution in [2.24, 2.45) is 0 Å². The van der Waals surface area contributed by atoms with E-state index in [1.54, 1.807) is 6.20 Å². The zero-order chi connectivity index (χ0) is 8.55. The number of carbonyl (C=O) groups excluding carboxylic acids is 1. The van der Waals surface area contributed by atoms with E-state index in [-0.39, 0.29) is 5.91 Å². The molecule has 0 fully saturated rings. The number of rotatable bonds is 0. The van der Waals surface area contributed by atoms with Crippen LogP contribution in [-0.4, -0.2) is 10.9 Å². The molecule has 0 radical (unpaired) electrons. The highest BCUT2D eigenvalue weighted by Gasteiger charge is 2.14. The van der Waals surface area contributed by atoms with Crippen molar-refractivity contribution in [2.75, 3.05) is 5.32 Å². The second-order valence-corrected chi connectivity index (χ2v) is 3.03. The molecular formula is C9H10N2O. The van der Waals surface area contributed by atoms with E-state index < -0.39 is 0 Å². The molecule has 12 heavy (non-hydrogen) atoms. The summed E-state index contributed by atoms with van der Waals surface area (Å²) in [4.78, 5) is 15.1. The van der Waals surface area contributed by atoms with Crippen LogP contribution in [0.15, 0.2) is 12.3 Å². The molecule has 0 saturated heterocycles. The average Bonchev–Trinajstić information content (AvgIpc) is 2.05. The molecule has 1 aliphatic heterocycles. The second-order valence-electron chi connectivity index (χ2n) is 3.03. The Morgan fingerprint density at radius 3 is 3.17 bits per heavy atom. The molecule has 0 atom stereocenters. The van der Waals surface area contributed by atoms with E-state index in [0.717, 1.165) is 17.8 Å². The molecule has 2 heterocycles. The number of fused-ring (bicyclic) bond motifs is 1. The van der Waals surface area contributed by atoms with Crippen LogP contribution in [-0.2, 0) is 11.2 Å². The first-order valence-electron chi connectivity index (χ1n) is 4.01. The number of nitrogens with one attached hydrogen (secondary N) is 1. The summed E-state index contributed by atoms with van der Waals surface area (Å²) in [7, 11) is 0. The summed E-state index contributed by atoms with van der Waals surface area (Å²) in [6, 6.07) is 2.02. The standard InChI is InChI=1S/C9H10N2O/c1-6-4-7-2-3-9(12)11-8(7)5-10-6/h4-5H,2-3H2,1H3,(H,11,12). The highest BCUT2D eigenvalue weighted by molar-refractivity contribution is 5.93. The Balaban J connectivity index is 2.43. The van der Waals surface area contributed by atoms with Gasteiger partial charge in [-0.2, -0.15) is 0 Å². The van der Waals surface area contributed by atoms with Crippen molar-refractivity contribution in [2.45, 2.75) is 19.8 Å². The lowest BCUT2D eigenvalue weighted by Gasteiger charge is -2.15. The number of nitrogens with zero attached hydrogens (tertiary/aromatic N) is 1. The first-order chi connectivity index (χ1) is 5.75. The molecular weight excluding hydrogens is 152 g/mol. The molecule has 0 unspecified atom stereocenters. The van der Waals surface area contributed by atoms with Gasteiger partial charge in [0.2, 0.25) is 5.91 Å². The monoisotopic (exact) mass is 162 g/mol. The van der Waals surface area contributed by atoms with Crippen LogP contribution in [0.25, 0.3) is 0 Å². The number of anilines is 1. The van der Waals surface area contributed by atoms with E-state index in [1.807, 2.05) is 13.0 Å². The summed E-state index contributed by atoms with van der Waals surface area (Å²) in [5.74, 6) is 0.0909.